The van der Waals surface area contributed by atoms with Crippen LogP contribution in [0.25, 0.3) is 11.3 Å². The second-order valence-electron chi connectivity index (χ2n) is 4.08. The fourth-order valence-electron chi connectivity index (χ4n) is 1.71. The van der Waals surface area contributed by atoms with Gasteiger partial charge in [0.2, 0.25) is 0 Å². The molecular weight excluding hydrogens is 278 g/mol. The average Bonchev–Trinajstić information content (AvgIpc) is 2.47. The first kappa shape index (κ1) is 14.3. The summed E-state index contributed by atoms with van der Waals surface area (Å²) >= 11 is 5.84. The molecule has 0 aliphatic rings. The van der Waals surface area contributed by atoms with E-state index in [-0.39, 0.29) is 5.56 Å². The maximum absolute atomic E-state index is 11.9. The third kappa shape index (κ3) is 3.05. The molecule has 0 amide bonds. The molecule has 0 spiro atoms. The van der Waals surface area contributed by atoms with Crippen LogP contribution in [0.2, 0.25) is 5.02 Å². The van der Waals surface area contributed by atoms with Crippen LogP contribution < -0.4 is 5.56 Å². The first-order chi connectivity index (χ1) is 9.65. The minimum atomic E-state index is -0.415. The van der Waals surface area contributed by atoms with Crippen molar-refractivity contribution < 1.29 is 4.74 Å². The van der Waals surface area contributed by atoms with Gasteiger partial charge in [0.25, 0.3) is 5.56 Å². The topological polar surface area (TPSA) is 67.9 Å². The van der Waals surface area contributed by atoms with Crippen LogP contribution in [0.5, 0.6) is 0 Å². The molecule has 0 N–H and O–H groups in total. The Morgan fingerprint density at radius 2 is 2.10 bits per heavy atom. The number of halogens is 1. The van der Waals surface area contributed by atoms with Gasteiger partial charge in [0, 0.05) is 17.7 Å². The van der Waals surface area contributed by atoms with Gasteiger partial charge >= 0.3 is 0 Å². The van der Waals surface area contributed by atoms with Gasteiger partial charge in [0.05, 0.1) is 18.8 Å². The van der Waals surface area contributed by atoms with Crippen molar-refractivity contribution in [3.05, 3.63) is 51.3 Å². The van der Waals surface area contributed by atoms with Gasteiger partial charge in [-0.15, -0.1) is 0 Å². The monoisotopic (exact) mass is 289 g/mol. The Hall–Kier alpha value is -2.16. The maximum Gasteiger partial charge on any atom is 0.284 e. The normalized spacial score (nSPS) is 10.2. The van der Waals surface area contributed by atoms with Gasteiger partial charge in [-0.05, 0) is 18.2 Å². The molecule has 5 nitrogen and oxygen atoms in total. The summed E-state index contributed by atoms with van der Waals surface area (Å²) in [6.07, 6.45) is 0. The van der Waals surface area contributed by atoms with E-state index in [1.54, 1.807) is 31.4 Å². The summed E-state index contributed by atoms with van der Waals surface area (Å²) in [5, 5.41) is 13.9. The van der Waals surface area contributed by atoms with Crippen LogP contribution in [-0.2, 0) is 11.3 Å². The quantitative estimate of drug-likeness (QED) is 0.864. The van der Waals surface area contributed by atoms with Gasteiger partial charge in [-0.1, -0.05) is 23.7 Å². The Labute approximate surface area is 121 Å². The van der Waals surface area contributed by atoms with Crippen molar-refractivity contribution in [3.63, 3.8) is 0 Å². The van der Waals surface area contributed by atoms with Crippen LogP contribution in [0.4, 0.5) is 0 Å². The zero-order chi connectivity index (χ0) is 14.5. The fraction of sp³-hybridized carbons (Fsp3) is 0.214. The summed E-state index contributed by atoms with van der Waals surface area (Å²) in [5.41, 5.74) is 0.981. The molecule has 0 fully saturated rings. The summed E-state index contributed by atoms with van der Waals surface area (Å²) < 4.78 is 6.18. The Morgan fingerprint density at radius 1 is 1.40 bits per heavy atom. The van der Waals surface area contributed by atoms with E-state index < -0.39 is 5.56 Å². The van der Waals surface area contributed by atoms with Crippen molar-refractivity contribution in [1.29, 1.82) is 5.26 Å². The molecule has 0 atom stereocenters. The predicted molar refractivity (Wildman–Crippen MR) is 75.5 cm³/mol. The number of ether oxygens (including phenoxy) is 1. The van der Waals surface area contributed by atoms with Crippen LogP contribution in [0.15, 0.2) is 35.1 Å². The first-order valence-corrected chi connectivity index (χ1v) is 6.30. The number of nitriles is 1. The lowest BCUT2D eigenvalue weighted by Crippen LogP contribution is -2.27. The molecule has 2 rings (SSSR count). The number of hydrogen-bond acceptors (Lipinski definition) is 4. The lowest BCUT2D eigenvalue weighted by atomic mass is 10.1. The van der Waals surface area contributed by atoms with E-state index in [4.69, 9.17) is 21.6 Å². The van der Waals surface area contributed by atoms with Crippen molar-refractivity contribution in [3.8, 4) is 17.3 Å². The minimum absolute atomic E-state index is 0.0565. The number of hydrogen-bond donors (Lipinski definition) is 0. The highest BCUT2D eigenvalue weighted by Gasteiger charge is 2.09. The standard InChI is InChI=1S/C14H12ClN3O2/c1-20-7-6-18-14(19)11(9-16)8-13(17-18)10-2-4-12(15)5-3-10/h2-5,8H,6-7H2,1H3. The zero-order valence-corrected chi connectivity index (χ0v) is 11.6. The molecular formula is C14H12ClN3O2. The molecule has 20 heavy (non-hydrogen) atoms. The summed E-state index contributed by atoms with van der Waals surface area (Å²) in [6.45, 7) is 0.646. The van der Waals surface area contributed by atoms with E-state index in [0.29, 0.717) is 23.9 Å². The van der Waals surface area contributed by atoms with E-state index in [2.05, 4.69) is 5.10 Å². The fourth-order valence-corrected chi connectivity index (χ4v) is 1.84. The summed E-state index contributed by atoms with van der Waals surface area (Å²) in [6, 6.07) is 10.4. The van der Waals surface area contributed by atoms with Gasteiger partial charge in [0.1, 0.15) is 11.6 Å². The van der Waals surface area contributed by atoms with Crippen molar-refractivity contribution >= 4 is 11.6 Å². The third-order valence-electron chi connectivity index (χ3n) is 2.74. The second kappa shape index (κ2) is 6.33. The van der Waals surface area contributed by atoms with E-state index in [9.17, 15) is 4.79 Å². The van der Waals surface area contributed by atoms with E-state index in [1.165, 1.54) is 10.7 Å². The van der Waals surface area contributed by atoms with Crippen LogP contribution in [0, 0.1) is 11.3 Å². The van der Waals surface area contributed by atoms with Gasteiger partial charge in [0.15, 0.2) is 0 Å². The number of aromatic nitrogens is 2. The molecule has 0 radical (unpaired) electrons. The second-order valence-corrected chi connectivity index (χ2v) is 4.52. The van der Waals surface area contributed by atoms with Crippen molar-refractivity contribution in [2.75, 3.05) is 13.7 Å². The predicted octanol–water partition coefficient (Wildman–Crippen LogP) is 2.08. The summed E-state index contributed by atoms with van der Waals surface area (Å²) in [7, 11) is 1.54. The summed E-state index contributed by atoms with van der Waals surface area (Å²) in [5.74, 6) is 0. The maximum atomic E-state index is 11.9. The molecule has 0 saturated heterocycles. The first-order valence-electron chi connectivity index (χ1n) is 5.93. The Morgan fingerprint density at radius 3 is 2.70 bits per heavy atom. The van der Waals surface area contributed by atoms with Crippen molar-refractivity contribution in [1.82, 2.24) is 9.78 Å². The smallest absolute Gasteiger partial charge is 0.284 e. The van der Waals surface area contributed by atoms with Crippen molar-refractivity contribution in [2.45, 2.75) is 6.54 Å². The number of benzene rings is 1. The van der Waals surface area contributed by atoms with Crippen LogP contribution in [0.1, 0.15) is 5.56 Å². The molecule has 0 aliphatic carbocycles. The molecule has 0 unspecified atom stereocenters. The molecule has 1 aromatic carbocycles. The molecule has 1 aromatic heterocycles. The average molecular weight is 290 g/mol. The molecule has 0 aliphatic heterocycles. The lowest BCUT2D eigenvalue weighted by Gasteiger charge is -2.08. The largest absolute Gasteiger partial charge is 0.383 e. The van der Waals surface area contributed by atoms with Crippen molar-refractivity contribution in [2.24, 2.45) is 0 Å². The van der Waals surface area contributed by atoms with E-state index in [1.807, 2.05) is 6.07 Å². The van der Waals surface area contributed by atoms with Crippen LogP contribution >= 0.6 is 11.6 Å². The minimum Gasteiger partial charge on any atom is -0.383 e. The van der Waals surface area contributed by atoms with Gasteiger partial charge in [-0.2, -0.15) is 10.4 Å². The zero-order valence-electron chi connectivity index (χ0n) is 10.8. The number of nitrogens with zero attached hydrogens (tertiary/aromatic N) is 3. The number of methoxy groups -OCH3 is 1. The molecule has 0 bridgehead atoms. The van der Waals surface area contributed by atoms with Crippen LogP contribution in [-0.4, -0.2) is 23.5 Å². The number of rotatable bonds is 4. The van der Waals surface area contributed by atoms with E-state index in [0.717, 1.165) is 5.56 Å². The summed E-state index contributed by atoms with van der Waals surface area (Å²) in [4.78, 5) is 11.9. The molecule has 102 valence electrons. The molecule has 6 heteroatoms. The highest BCUT2D eigenvalue weighted by molar-refractivity contribution is 6.30. The molecule has 1 heterocycles. The van der Waals surface area contributed by atoms with Gasteiger partial charge < -0.3 is 4.74 Å². The Balaban J connectivity index is 2.51. The highest BCUT2D eigenvalue weighted by Crippen LogP contribution is 2.19. The third-order valence-corrected chi connectivity index (χ3v) is 2.99. The van der Waals surface area contributed by atoms with Crippen LogP contribution in [0.3, 0.4) is 0 Å². The Kier molecular flexibility index (Phi) is 4.51. The highest BCUT2D eigenvalue weighted by atomic mass is 35.5. The molecule has 2 aromatic rings. The molecule has 0 saturated carbocycles. The Bertz CT molecular complexity index is 702. The van der Waals surface area contributed by atoms with E-state index >= 15 is 0 Å². The van der Waals surface area contributed by atoms with Gasteiger partial charge in [-0.25, -0.2) is 4.68 Å². The van der Waals surface area contributed by atoms with Gasteiger partial charge in [-0.3, -0.25) is 4.79 Å². The lowest BCUT2D eigenvalue weighted by molar-refractivity contribution is 0.182. The SMILES string of the molecule is COCCn1nc(-c2ccc(Cl)cc2)cc(C#N)c1=O.